The highest BCUT2D eigenvalue weighted by Crippen LogP contribution is 2.20. The van der Waals surface area contributed by atoms with Crippen molar-refractivity contribution in [3.05, 3.63) is 35.9 Å². The van der Waals surface area contributed by atoms with E-state index in [0.29, 0.717) is 0 Å². The molecule has 0 aliphatic carbocycles. The minimum atomic E-state index is -0.459. The third-order valence-corrected chi connectivity index (χ3v) is 2.91. The standard InChI is InChI=1S/C13H16N2O/c1-10(9-11-7-5-4-6-8-11)15-13(2,3)12(16)14-15/h4-8H,9H2,1-3H3/b15-10+. The van der Waals surface area contributed by atoms with Gasteiger partial charge in [-0.3, -0.25) is 0 Å². The fraction of sp³-hybridized carbons (Fsp3) is 0.385. The van der Waals surface area contributed by atoms with Gasteiger partial charge in [0.05, 0.1) is 6.42 Å². The molecule has 84 valence electrons. The predicted molar refractivity (Wildman–Crippen MR) is 62.6 cm³/mol. The summed E-state index contributed by atoms with van der Waals surface area (Å²) in [5.41, 5.74) is 1.89. The Balaban J connectivity index is 2.22. The van der Waals surface area contributed by atoms with Gasteiger partial charge in [-0.15, -0.1) is 0 Å². The summed E-state index contributed by atoms with van der Waals surface area (Å²) in [6.07, 6.45) is 0.834. The maximum atomic E-state index is 11.3. The zero-order chi connectivity index (χ0) is 11.8. The second-order valence-corrected chi connectivity index (χ2v) is 4.67. The fourth-order valence-corrected chi connectivity index (χ4v) is 1.91. The van der Waals surface area contributed by atoms with E-state index in [9.17, 15) is 5.11 Å². The van der Waals surface area contributed by atoms with Crippen LogP contribution in [-0.2, 0) is 6.42 Å². The first-order valence-electron chi connectivity index (χ1n) is 5.44. The van der Waals surface area contributed by atoms with E-state index in [4.69, 9.17) is 0 Å². The molecule has 0 saturated carbocycles. The van der Waals surface area contributed by atoms with Crippen LogP contribution in [0, 0.1) is 0 Å². The molecule has 1 aromatic carbocycles. The number of benzene rings is 1. The first-order chi connectivity index (χ1) is 7.51. The summed E-state index contributed by atoms with van der Waals surface area (Å²) in [7, 11) is 0. The van der Waals surface area contributed by atoms with Crippen molar-refractivity contribution >= 4 is 11.6 Å². The molecular weight excluding hydrogens is 200 g/mol. The van der Waals surface area contributed by atoms with E-state index >= 15 is 0 Å². The molecule has 1 aliphatic heterocycles. The highest BCUT2D eigenvalue weighted by atomic mass is 16.3. The second kappa shape index (κ2) is 3.74. The van der Waals surface area contributed by atoms with Gasteiger partial charge in [0.15, 0.2) is 5.71 Å². The molecule has 1 heterocycles. The summed E-state index contributed by atoms with van der Waals surface area (Å²) in [6, 6.07) is 10.2. The summed E-state index contributed by atoms with van der Waals surface area (Å²) in [5, 5.41) is 15.2. The van der Waals surface area contributed by atoms with Gasteiger partial charge in [0, 0.05) is 20.8 Å². The first kappa shape index (κ1) is 10.9. The molecule has 0 atom stereocenters. The van der Waals surface area contributed by atoms with Gasteiger partial charge < -0.3 is 5.11 Å². The Hall–Kier alpha value is -1.64. The van der Waals surface area contributed by atoms with Crippen LogP contribution in [0.3, 0.4) is 0 Å². The molecule has 0 radical (unpaired) electrons. The van der Waals surface area contributed by atoms with Crippen molar-refractivity contribution in [2.24, 2.45) is 5.10 Å². The van der Waals surface area contributed by atoms with Gasteiger partial charge >= 0.3 is 0 Å². The SMILES string of the molecule is C/C(Cc1ccccc1)=[N+]1\N=C([O-])C1(C)C. The number of nitrogens with zero attached hydrogens (tertiary/aromatic N) is 2. The van der Waals surface area contributed by atoms with Crippen molar-refractivity contribution < 1.29 is 9.79 Å². The molecule has 0 fully saturated rings. The number of hydrazone groups is 1. The van der Waals surface area contributed by atoms with Gasteiger partial charge in [-0.05, 0) is 10.7 Å². The van der Waals surface area contributed by atoms with Crippen molar-refractivity contribution in [1.29, 1.82) is 0 Å². The predicted octanol–water partition coefficient (Wildman–Crippen LogP) is 1.17. The lowest BCUT2D eigenvalue weighted by molar-refractivity contribution is -0.634. The van der Waals surface area contributed by atoms with Crippen LogP contribution in [0.4, 0.5) is 0 Å². The molecule has 16 heavy (non-hydrogen) atoms. The number of rotatable bonds is 2. The van der Waals surface area contributed by atoms with E-state index in [0.717, 1.165) is 12.1 Å². The van der Waals surface area contributed by atoms with E-state index in [1.807, 2.05) is 43.7 Å². The topological polar surface area (TPSA) is 38.4 Å². The van der Waals surface area contributed by atoms with Crippen LogP contribution >= 0.6 is 0 Å². The second-order valence-electron chi connectivity index (χ2n) is 4.67. The Morgan fingerprint density at radius 2 is 1.94 bits per heavy atom. The molecule has 0 N–H and O–H groups in total. The maximum absolute atomic E-state index is 11.3. The summed E-state index contributed by atoms with van der Waals surface area (Å²) in [4.78, 5) is 0. The van der Waals surface area contributed by atoms with E-state index in [1.54, 1.807) is 0 Å². The van der Waals surface area contributed by atoms with Crippen LogP contribution < -0.4 is 5.11 Å². The van der Waals surface area contributed by atoms with Gasteiger partial charge in [-0.25, -0.2) is 0 Å². The average molecular weight is 216 g/mol. The molecule has 1 aliphatic rings. The number of hydrogen-bond donors (Lipinski definition) is 0. The molecule has 0 saturated heterocycles. The van der Waals surface area contributed by atoms with E-state index in [1.165, 1.54) is 5.56 Å². The van der Waals surface area contributed by atoms with Crippen LogP contribution in [-0.4, -0.2) is 21.8 Å². The molecule has 2 rings (SSSR count). The largest absolute Gasteiger partial charge is 0.853 e. The highest BCUT2D eigenvalue weighted by Gasteiger charge is 2.43. The Bertz CT molecular complexity index is 458. The minimum absolute atomic E-state index is 0.0417. The summed E-state index contributed by atoms with van der Waals surface area (Å²) in [5.74, 6) is -0.0417. The average Bonchev–Trinajstić information content (AvgIpc) is 2.27. The van der Waals surface area contributed by atoms with Crippen molar-refractivity contribution in [3.8, 4) is 0 Å². The molecular formula is C13H16N2O. The van der Waals surface area contributed by atoms with Gasteiger partial charge in [0.2, 0.25) is 5.54 Å². The van der Waals surface area contributed by atoms with Crippen molar-refractivity contribution in [1.82, 2.24) is 0 Å². The molecule has 0 amide bonds. The van der Waals surface area contributed by atoms with Crippen LogP contribution in [0.2, 0.25) is 0 Å². The monoisotopic (exact) mass is 216 g/mol. The van der Waals surface area contributed by atoms with Crippen molar-refractivity contribution in [2.45, 2.75) is 32.7 Å². The van der Waals surface area contributed by atoms with Crippen LogP contribution in [0.5, 0.6) is 0 Å². The van der Waals surface area contributed by atoms with Crippen LogP contribution in [0.25, 0.3) is 0 Å². The van der Waals surface area contributed by atoms with Crippen LogP contribution in [0.1, 0.15) is 26.3 Å². The summed E-state index contributed by atoms with van der Waals surface area (Å²) in [6.45, 7) is 5.82. The lowest BCUT2D eigenvalue weighted by Gasteiger charge is -2.32. The van der Waals surface area contributed by atoms with E-state index in [-0.39, 0.29) is 5.90 Å². The van der Waals surface area contributed by atoms with Crippen molar-refractivity contribution in [2.75, 3.05) is 0 Å². The number of hydrogen-bond acceptors (Lipinski definition) is 2. The van der Waals surface area contributed by atoms with Gasteiger partial charge in [0.1, 0.15) is 5.90 Å². The normalized spacial score (nSPS) is 21.1. The molecule has 0 spiro atoms. The van der Waals surface area contributed by atoms with Crippen LogP contribution in [0.15, 0.2) is 35.4 Å². The molecule has 3 heteroatoms. The molecule has 0 aromatic heterocycles. The lowest BCUT2D eigenvalue weighted by Crippen LogP contribution is -2.58. The Labute approximate surface area is 95.7 Å². The van der Waals surface area contributed by atoms with Gasteiger partial charge in [-0.2, -0.15) is 0 Å². The van der Waals surface area contributed by atoms with E-state index < -0.39 is 5.54 Å². The van der Waals surface area contributed by atoms with E-state index in [2.05, 4.69) is 17.2 Å². The Morgan fingerprint density at radius 3 is 2.44 bits per heavy atom. The summed E-state index contributed by atoms with van der Waals surface area (Å²) < 4.78 is 1.82. The molecule has 0 unspecified atom stereocenters. The van der Waals surface area contributed by atoms with Gasteiger partial charge in [-0.1, -0.05) is 35.0 Å². The Morgan fingerprint density at radius 1 is 1.31 bits per heavy atom. The van der Waals surface area contributed by atoms with Crippen molar-refractivity contribution in [3.63, 3.8) is 0 Å². The minimum Gasteiger partial charge on any atom is -0.853 e. The van der Waals surface area contributed by atoms with Gasteiger partial charge in [0.25, 0.3) is 0 Å². The third kappa shape index (κ3) is 1.73. The molecule has 3 nitrogen and oxygen atoms in total. The maximum Gasteiger partial charge on any atom is 0.222 e. The zero-order valence-electron chi connectivity index (χ0n) is 9.90. The Kier molecular flexibility index (Phi) is 2.54. The smallest absolute Gasteiger partial charge is 0.222 e. The molecule has 0 bridgehead atoms. The quantitative estimate of drug-likeness (QED) is 0.684. The third-order valence-electron chi connectivity index (χ3n) is 2.91. The first-order valence-corrected chi connectivity index (χ1v) is 5.44. The summed E-state index contributed by atoms with van der Waals surface area (Å²) >= 11 is 0. The highest BCUT2D eigenvalue weighted by molar-refractivity contribution is 5.87. The fourth-order valence-electron chi connectivity index (χ4n) is 1.91. The zero-order valence-corrected chi connectivity index (χ0v) is 9.90. The lowest BCUT2D eigenvalue weighted by atomic mass is 10.0. The molecule has 1 aromatic rings.